The molecule has 7 fully saturated rings. The number of benzene rings is 5. The number of fused-ring (bicyclic) bond motifs is 4. The van der Waals surface area contributed by atoms with E-state index in [0.717, 1.165) is 174 Å². The predicted molar refractivity (Wildman–Crippen MR) is 537 cm³/mol. The molecule has 5 aromatic carbocycles. The molecule has 17 aromatic rings. The van der Waals surface area contributed by atoms with E-state index in [1.807, 2.05) is 134 Å². The molecule has 27 nitrogen and oxygen atoms in total. The standard InChI is InChI=1S/C28H24ClN5OS.3C26H25ClN6O/c29-23-9-6-21(7-10-23)26-24(19-32-13-15-33(16-14-32)28(35)27-30-12-17-36-27)34-18-22(8-11-25(34)31-26)20-4-2-1-3-5-20;27-21-6-3-19(4-7-21)25-23(33-16-20(18-1-2-18)5-8-24(33)30-25)17-31-11-13-32(14-12-31)26(34)22-15-28-9-10-29-22;27-21-6-3-19(4-7-21)25-23(33-15-20(18-1-2-18)5-8-24(33)30-25)16-31-11-13-32(14-12-31)26(34)22-9-10-28-17-29-22;27-21-5-3-19(4-6-21)25-23(33-16-22(18-1-2-18)29-15-24(33)30-25)17-31-11-13-32(14-12-31)26(34)20-7-9-28-10-8-20/h1-12,17-18H,13-16,19H2;3-10,15-16,18H,1-2,11-14,17H2;3-10,15,17-18H,1-2,11-14,16H2;3-10,15-16,18H,1-2,11-14,17H2. The van der Waals surface area contributed by atoms with Crippen molar-refractivity contribution in [1.82, 2.24) is 112 Å². The van der Waals surface area contributed by atoms with Crippen LogP contribution in [0.3, 0.4) is 0 Å². The van der Waals surface area contributed by atoms with Gasteiger partial charge < -0.3 is 32.8 Å². The highest BCUT2D eigenvalue weighted by molar-refractivity contribution is 7.11. The second-order valence-electron chi connectivity index (χ2n) is 35.9. The first kappa shape index (κ1) is 91.0. The summed E-state index contributed by atoms with van der Waals surface area (Å²) in [5, 5.41) is 5.25. The van der Waals surface area contributed by atoms with Crippen LogP contribution in [0.4, 0.5) is 0 Å². The summed E-state index contributed by atoms with van der Waals surface area (Å²) in [6.45, 7) is 14.8. The van der Waals surface area contributed by atoms with Gasteiger partial charge in [0.1, 0.15) is 34.7 Å². The minimum atomic E-state index is -0.0570. The quantitative estimate of drug-likeness (QED) is 0.0687. The van der Waals surface area contributed by atoms with E-state index < -0.39 is 0 Å². The maximum absolute atomic E-state index is 12.8. The van der Waals surface area contributed by atoms with Gasteiger partial charge in [-0.05, 0) is 164 Å². The van der Waals surface area contributed by atoms with Crippen molar-refractivity contribution in [2.45, 2.75) is 82.5 Å². The molecular weight excluding hydrogens is 1830 g/mol. The number of amides is 4. The number of carbonyl (C=O) groups is 4. The van der Waals surface area contributed by atoms with Crippen LogP contribution in [0.5, 0.6) is 0 Å². The number of hydrogen-bond acceptors (Lipinski definition) is 20. The van der Waals surface area contributed by atoms with Gasteiger partial charge in [-0.1, -0.05) is 137 Å². The highest BCUT2D eigenvalue weighted by Gasteiger charge is 2.34. The maximum atomic E-state index is 12.8. The highest BCUT2D eigenvalue weighted by Crippen LogP contribution is 2.44. The summed E-state index contributed by atoms with van der Waals surface area (Å²) in [4.78, 5) is 117. The van der Waals surface area contributed by atoms with Gasteiger partial charge in [0.15, 0.2) is 10.7 Å². The number of aromatic nitrogens is 15. The average molecular weight is 1930 g/mol. The van der Waals surface area contributed by atoms with E-state index in [9.17, 15) is 19.2 Å². The van der Waals surface area contributed by atoms with Crippen molar-refractivity contribution >= 4 is 104 Å². The number of hydrogen-bond donors (Lipinski definition) is 0. The van der Waals surface area contributed by atoms with Crippen LogP contribution in [0.25, 0.3) is 78.7 Å². The van der Waals surface area contributed by atoms with Crippen molar-refractivity contribution < 1.29 is 19.2 Å². The normalized spacial score (nSPS) is 16.2. The molecule has 0 atom stereocenters. The Morgan fingerprint density at radius 3 is 1.12 bits per heavy atom. The van der Waals surface area contributed by atoms with E-state index in [1.165, 1.54) is 90.5 Å². The van der Waals surface area contributed by atoms with Crippen LogP contribution >= 0.6 is 57.7 Å². The van der Waals surface area contributed by atoms with E-state index in [4.69, 9.17) is 66.3 Å². The molecule has 7 aliphatic rings. The van der Waals surface area contributed by atoms with Gasteiger partial charge in [0.2, 0.25) is 0 Å². The number of thiazole rings is 1. The molecule has 4 aliphatic heterocycles. The third-order valence-electron chi connectivity index (χ3n) is 26.8. The monoisotopic (exact) mass is 1930 g/mol. The van der Waals surface area contributed by atoms with Crippen LogP contribution in [0.1, 0.15) is 137 Å². The Kier molecular flexibility index (Phi) is 27.1. The van der Waals surface area contributed by atoms with Crippen molar-refractivity contribution in [3.05, 3.63) is 350 Å². The van der Waals surface area contributed by atoms with Crippen molar-refractivity contribution in [2.24, 2.45) is 0 Å². The van der Waals surface area contributed by atoms with E-state index in [2.05, 4.69) is 158 Å². The molecule has 0 bridgehead atoms. The Balaban J connectivity index is 0.000000110. The lowest BCUT2D eigenvalue weighted by atomic mass is 10.1. The lowest BCUT2D eigenvalue weighted by Crippen LogP contribution is -2.48. The van der Waals surface area contributed by atoms with Gasteiger partial charge in [-0.25, -0.2) is 39.9 Å². The van der Waals surface area contributed by atoms with Crippen molar-refractivity contribution in [2.75, 3.05) is 105 Å². The number of piperazine rings is 4. The fraction of sp³-hybridized carbons (Fsp3) is 0.274. The average Bonchev–Trinajstić information content (AvgIpc) is 1.63. The maximum Gasteiger partial charge on any atom is 0.282 e. The number of pyridine rings is 4. The predicted octanol–water partition coefficient (Wildman–Crippen LogP) is 18.6. The van der Waals surface area contributed by atoms with Crippen molar-refractivity contribution in [1.29, 1.82) is 0 Å². The SMILES string of the molecule is O=C(c1ccncc1)N1CCN(Cc2c(-c3ccc(Cl)cc3)nc3cnc(C4CC4)cn23)CC1.O=C(c1ccncn1)N1CCN(Cc2c(-c3ccc(Cl)cc3)nc3ccc(C4CC4)cn23)CC1.O=C(c1cnccn1)N1CCN(Cc2c(-c3ccc(Cl)cc3)nc3ccc(C4CC4)cn23)CC1.O=C(c1nccs1)N1CCN(Cc2c(-c3ccc(Cl)cc3)nc3ccc(-c4ccccc4)cn23)CC1. The number of imidazole rings is 4. The Morgan fingerprint density at radius 1 is 0.304 bits per heavy atom. The molecule has 0 unspecified atom stereocenters. The van der Waals surface area contributed by atoms with E-state index in [1.54, 1.807) is 55.4 Å². The molecule has 3 saturated carbocycles. The molecule has 24 rings (SSSR count). The van der Waals surface area contributed by atoms with Crippen LogP contribution in [0.2, 0.25) is 20.1 Å². The molecule has 138 heavy (non-hydrogen) atoms. The Bertz CT molecular complexity index is 6690. The van der Waals surface area contributed by atoms with Gasteiger partial charge in [0.05, 0.1) is 63.6 Å². The zero-order chi connectivity index (χ0) is 93.7. The van der Waals surface area contributed by atoms with Gasteiger partial charge in [-0.3, -0.25) is 58.1 Å². The van der Waals surface area contributed by atoms with Crippen molar-refractivity contribution in [3.63, 3.8) is 0 Å². The molecule has 16 heterocycles. The molecule has 0 N–H and O–H groups in total. The van der Waals surface area contributed by atoms with Gasteiger partial charge >= 0.3 is 0 Å². The van der Waals surface area contributed by atoms with Gasteiger partial charge in [0.25, 0.3) is 23.6 Å². The smallest absolute Gasteiger partial charge is 0.282 e. The lowest BCUT2D eigenvalue weighted by molar-refractivity contribution is 0.0614. The zero-order valence-corrected chi connectivity index (χ0v) is 79.7. The van der Waals surface area contributed by atoms with Crippen LogP contribution in [0.15, 0.2) is 268 Å². The first-order valence-electron chi connectivity index (χ1n) is 47.0. The van der Waals surface area contributed by atoms with Crippen LogP contribution < -0.4 is 0 Å². The Labute approximate surface area is 822 Å². The van der Waals surface area contributed by atoms with E-state index in [0.29, 0.717) is 107 Å². The third kappa shape index (κ3) is 20.9. The summed E-state index contributed by atoms with van der Waals surface area (Å²) in [6, 6.07) is 60.0. The van der Waals surface area contributed by atoms with Gasteiger partial charge in [-0.2, -0.15) is 0 Å². The number of rotatable bonds is 20. The zero-order valence-electron chi connectivity index (χ0n) is 75.9. The summed E-state index contributed by atoms with van der Waals surface area (Å²) >= 11 is 26.0. The molecule has 0 spiro atoms. The molecule has 32 heteroatoms. The minimum Gasteiger partial charge on any atom is -0.336 e. The molecule has 4 amide bonds. The highest BCUT2D eigenvalue weighted by atomic mass is 35.5. The van der Waals surface area contributed by atoms with Gasteiger partial charge in [0, 0.05) is 252 Å². The molecule has 0 radical (unpaired) electrons. The first-order chi connectivity index (χ1) is 67.6. The van der Waals surface area contributed by atoms with Crippen molar-refractivity contribution in [3.8, 4) is 56.2 Å². The second kappa shape index (κ2) is 41.1. The molecule has 12 aromatic heterocycles. The summed E-state index contributed by atoms with van der Waals surface area (Å²) in [7, 11) is 0. The van der Waals surface area contributed by atoms with E-state index >= 15 is 0 Å². The number of nitrogens with zero attached hydrogens (tertiary/aromatic N) is 23. The summed E-state index contributed by atoms with van der Waals surface area (Å²) in [5.74, 6) is 1.92. The molecule has 696 valence electrons. The fourth-order valence-electron chi connectivity index (χ4n) is 18.6. The molecular formula is C106H99Cl4N23O4S. The largest absolute Gasteiger partial charge is 0.336 e. The summed E-state index contributed by atoms with van der Waals surface area (Å²) < 4.78 is 8.93. The van der Waals surface area contributed by atoms with Crippen LogP contribution in [-0.4, -0.2) is 240 Å². The Hall–Kier alpha value is -13.4. The minimum absolute atomic E-state index is 0.0220. The molecule has 3 aliphatic carbocycles. The topological polar surface area (TPSA) is 254 Å². The number of carbonyl (C=O) groups excluding carboxylic acids is 4. The van der Waals surface area contributed by atoms with Crippen LogP contribution in [-0.2, 0) is 26.2 Å². The summed E-state index contributed by atoms with van der Waals surface area (Å²) in [6.07, 6.45) is 30.9. The lowest BCUT2D eigenvalue weighted by Gasteiger charge is -2.34. The third-order valence-corrected chi connectivity index (χ3v) is 28.5. The fourth-order valence-corrected chi connectivity index (χ4v) is 19.7. The second-order valence-corrected chi connectivity index (χ2v) is 38.6. The molecule has 4 saturated heterocycles. The van der Waals surface area contributed by atoms with Gasteiger partial charge in [-0.15, -0.1) is 11.3 Å². The summed E-state index contributed by atoms with van der Waals surface area (Å²) in [5.41, 5.74) is 24.2. The number of halogens is 4. The van der Waals surface area contributed by atoms with E-state index in [-0.39, 0.29) is 23.6 Å². The Morgan fingerprint density at radius 2 is 0.703 bits per heavy atom. The first-order valence-corrected chi connectivity index (χ1v) is 49.4. The van der Waals surface area contributed by atoms with Crippen LogP contribution in [0, 0.1) is 0 Å².